The summed E-state index contributed by atoms with van der Waals surface area (Å²) in [7, 11) is 0. The summed E-state index contributed by atoms with van der Waals surface area (Å²) in [5.41, 5.74) is 3.28. The Morgan fingerprint density at radius 1 is 1.20 bits per heavy atom. The van der Waals surface area contributed by atoms with E-state index >= 15 is 0 Å². The summed E-state index contributed by atoms with van der Waals surface area (Å²) in [6, 6.07) is 9.04. The molecular weight excluding hydrogens is 398 g/mol. The van der Waals surface area contributed by atoms with Gasteiger partial charge in [0, 0.05) is 34.5 Å². The Kier molecular flexibility index (Phi) is 5.50. The fourth-order valence-electron chi connectivity index (χ4n) is 3.66. The molecule has 1 aromatic carbocycles. The second-order valence-corrected chi connectivity index (χ2v) is 8.65. The molecule has 0 radical (unpaired) electrons. The van der Waals surface area contributed by atoms with Crippen molar-refractivity contribution in [3.8, 4) is 0 Å². The van der Waals surface area contributed by atoms with Crippen LogP contribution in [-0.4, -0.2) is 25.8 Å². The first-order chi connectivity index (χ1) is 14.4. The number of amides is 1. The predicted molar refractivity (Wildman–Crippen MR) is 118 cm³/mol. The van der Waals surface area contributed by atoms with Crippen LogP contribution in [0.4, 0.5) is 0 Å². The number of aryl methyl sites for hydroxylation is 3. The number of nitrogens with one attached hydrogen (secondary N) is 3. The van der Waals surface area contributed by atoms with Crippen molar-refractivity contribution in [2.24, 2.45) is 0 Å². The predicted octanol–water partition coefficient (Wildman–Crippen LogP) is 3.28. The molecule has 30 heavy (non-hydrogen) atoms. The van der Waals surface area contributed by atoms with Gasteiger partial charge in [-0.05, 0) is 32.4 Å². The fourth-order valence-corrected chi connectivity index (χ4v) is 4.60. The first kappa shape index (κ1) is 20.0. The fraction of sp³-hybridized carbons (Fsp3) is 0.273. The highest BCUT2D eigenvalue weighted by Crippen LogP contribution is 2.24. The molecule has 3 N–H and O–H groups in total. The van der Waals surface area contributed by atoms with Gasteiger partial charge in [-0.15, -0.1) is 11.3 Å². The van der Waals surface area contributed by atoms with E-state index in [2.05, 4.69) is 25.3 Å². The molecule has 0 fully saturated rings. The van der Waals surface area contributed by atoms with E-state index < -0.39 is 6.04 Å². The molecule has 0 unspecified atom stereocenters. The zero-order chi connectivity index (χ0) is 21.3. The van der Waals surface area contributed by atoms with Crippen molar-refractivity contribution in [1.29, 1.82) is 0 Å². The van der Waals surface area contributed by atoms with Crippen LogP contribution in [-0.2, 0) is 17.6 Å². The van der Waals surface area contributed by atoms with Crippen LogP contribution in [0.3, 0.4) is 0 Å². The number of hydrogen-bond donors (Lipinski definition) is 3. The molecule has 1 amide bonds. The number of hydrogen-bond acceptors (Lipinski definition) is 5. The van der Waals surface area contributed by atoms with Crippen molar-refractivity contribution in [1.82, 2.24) is 25.3 Å². The number of carbonyl (C=O) groups excluding carboxylic acids is 1. The highest BCUT2D eigenvalue weighted by atomic mass is 32.1. The summed E-state index contributed by atoms with van der Waals surface area (Å²) in [5, 5.41) is 5.12. The SMILES string of the molecule is Cc1nc([C@@H](Cc2c[nH]c3ccccc23)NC(=O)Cc2sc(C)nc2C)cc(=O)[nH]1. The summed E-state index contributed by atoms with van der Waals surface area (Å²) >= 11 is 1.53. The molecule has 0 aliphatic carbocycles. The summed E-state index contributed by atoms with van der Waals surface area (Å²) in [4.78, 5) is 40.7. The Morgan fingerprint density at radius 2 is 2.00 bits per heavy atom. The molecule has 154 valence electrons. The second kappa shape index (κ2) is 8.23. The molecular formula is C22H23N5O2S. The third kappa shape index (κ3) is 4.33. The van der Waals surface area contributed by atoms with E-state index in [4.69, 9.17) is 0 Å². The number of H-pyrrole nitrogens is 2. The van der Waals surface area contributed by atoms with Crippen LogP contribution in [0, 0.1) is 20.8 Å². The van der Waals surface area contributed by atoms with E-state index in [1.54, 1.807) is 6.92 Å². The first-order valence-corrected chi connectivity index (χ1v) is 10.6. The normalized spacial score (nSPS) is 12.2. The van der Waals surface area contributed by atoms with Gasteiger partial charge in [-0.25, -0.2) is 9.97 Å². The number of benzene rings is 1. The van der Waals surface area contributed by atoms with E-state index in [-0.39, 0.29) is 17.9 Å². The molecule has 4 aromatic rings. The smallest absolute Gasteiger partial charge is 0.251 e. The summed E-state index contributed by atoms with van der Waals surface area (Å²) in [5.74, 6) is 0.399. The van der Waals surface area contributed by atoms with Gasteiger partial charge in [0.1, 0.15) is 5.82 Å². The van der Waals surface area contributed by atoms with Gasteiger partial charge < -0.3 is 15.3 Å². The van der Waals surface area contributed by atoms with Crippen LogP contribution in [0.1, 0.15) is 38.7 Å². The van der Waals surface area contributed by atoms with Gasteiger partial charge in [0.15, 0.2) is 0 Å². The Morgan fingerprint density at radius 3 is 2.73 bits per heavy atom. The van der Waals surface area contributed by atoms with Crippen molar-refractivity contribution in [2.45, 2.75) is 39.7 Å². The van der Waals surface area contributed by atoms with E-state index in [1.807, 2.05) is 44.3 Å². The van der Waals surface area contributed by atoms with Gasteiger partial charge in [0.25, 0.3) is 5.56 Å². The van der Waals surface area contributed by atoms with Gasteiger partial charge in [-0.3, -0.25) is 9.59 Å². The standard InChI is InChI=1S/C22H23N5O2S/c1-12-20(30-14(3)24-12)10-22(29)27-18(19-9-21(28)26-13(2)25-19)8-15-11-23-17-7-5-4-6-16(15)17/h4-7,9,11,18,23H,8,10H2,1-3H3,(H,27,29)(H,25,26,28)/t18-/m1/s1. The number of thiazole rings is 1. The minimum atomic E-state index is -0.424. The zero-order valence-electron chi connectivity index (χ0n) is 17.1. The average molecular weight is 422 g/mol. The summed E-state index contributed by atoms with van der Waals surface area (Å²) in [6.45, 7) is 5.58. The largest absolute Gasteiger partial charge is 0.361 e. The molecule has 0 aliphatic rings. The minimum absolute atomic E-state index is 0.119. The lowest BCUT2D eigenvalue weighted by Crippen LogP contribution is -2.32. The molecule has 7 nitrogen and oxygen atoms in total. The number of nitrogens with zero attached hydrogens (tertiary/aromatic N) is 2. The first-order valence-electron chi connectivity index (χ1n) is 9.74. The third-order valence-electron chi connectivity index (χ3n) is 4.99. The van der Waals surface area contributed by atoms with Crippen LogP contribution in [0.5, 0.6) is 0 Å². The molecule has 8 heteroatoms. The monoisotopic (exact) mass is 421 g/mol. The quantitative estimate of drug-likeness (QED) is 0.444. The molecule has 3 aromatic heterocycles. The number of carbonyl (C=O) groups is 1. The van der Waals surface area contributed by atoms with Crippen molar-refractivity contribution in [3.05, 3.63) is 79.5 Å². The highest BCUT2D eigenvalue weighted by Gasteiger charge is 2.21. The Balaban J connectivity index is 1.63. The Bertz CT molecular complexity index is 1270. The molecule has 0 bridgehead atoms. The average Bonchev–Trinajstić information content (AvgIpc) is 3.23. The van der Waals surface area contributed by atoms with Crippen molar-refractivity contribution < 1.29 is 4.79 Å². The molecule has 4 rings (SSSR count). The maximum Gasteiger partial charge on any atom is 0.251 e. The third-order valence-corrected chi connectivity index (χ3v) is 6.06. The summed E-state index contributed by atoms with van der Waals surface area (Å²) in [6.07, 6.45) is 2.72. The number of aromatic amines is 2. The van der Waals surface area contributed by atoms with Crippen LogP contribution >= 0.6 is 11.3 Å². The lowest BCUT2D eigenvalue weighted by atomic mass is 10.0. The van der Waals surface area contributed by atoms with E-state index in [9.17, 15) is 9.59 Å². The number of aromatic nitrogens is 4. The van der Waals surface area contributed by atoms with Gasteiger partial charge >= 0.3 is 0 Å². The van der Waals surface area contributed by atoms with Crippen molar-refractivity contribution >= 4 is 28.1 Å². The lowest BCUT2D eigenvalue weighted by Gasteiger charge is -2.18. The minimum Gasteiger partial charge on any atom is -0.361 e. The maximum absolute atomic E-state index is 12.9. The van der Waals surface area contributed by atoms with Crippen LogP contribution in [0.2, 0.25) is 0 Å². The van der Waals surface area contributed by atoms with Crippen molar-refractivity contribution in [3.63, 3.8) is 0 Å². The lowest BCUT2D eigenvalue weighted by molar-refractivity contribution is -0.121. The van der Waals surface area contributed by atoms with Crippen molar-refractivity contribution in [2.75, 3.05) is 0 Å². The van der Waals surface area contributed by atoms with Crippen LogP contribution in [0.25, 0.3) is 10.9 Å². The van der Waals surface area contributed by atoms with E-state index in [1.165, 1.54) is 17.4 Å². The Hall–Kier alpha value is -3.26. The zero-order valence-corrected chi connectivity index (χ0v) is 17.9. The van der Waals surface area contributed by atoms with E-state index in [0.717, 1.165) is 32.0 Å². The molecule has 1 atom stereocenters. The number of para-hydroxylation sites is 1. The topological polar surface area (TPSA) is 104 Å². The van der Waals surface area contributed by atoms with E-state index in [0.29, 0.717) is 17.9 Å². The number of fused-ring (bicyclic) bond motifs is 1. The Labute approximate surface area is 177 Å². The highest BCUT2D eigenvalue weighted by molar-refractivity contribution is 7.11. The second-order valence-electron chi connectivity index (χ2n) is 7.36. The van der Waals surface area contributed by atoms with Gasteiger partial charge in [0.2, 0.25) is 5.91 Å². The molecule has 0 spiro atoms. The van der Waals surface area contributed by atoms with Crippen LogP contribution in [0.15, 0.2) is 41.3 Å². The molecule has 0 aliphatic heterocycles. The van der Waals surface area contributed by atoms with Gasteiger partial charge in [0.05, 0.1) is 28.9 Å². The summed E-state index contributed by atoms with van der Waals surface area (Å²) < 4.78 is 0. The van der Waals surface area contributed by atoms with Gasteiger partial charge in [-0.1, -0.05) is 18.2 Å². The molecule has 0 saturated heterocycles. The number of rotatable bonds is 6. The molecule has 3 heterocycles. The molecule has 0 saturated carbocycles. The van der Waals surface area contributed by atoms with Crippen LogP contribution < -0.4 is 10.9 Å². The van der Waals surface area contributed by atoms with Gasteiger partial charge in [-0.2, -0.15) is 0 Å². The maximum atomic E-state index is 12.9.